The minimum atomic E-state index is -4.55. The number of alkyl halides is 3. The summed E-state index contributed by atoms with van der Waals surface area (Å²) in [6, 6.07) is 1.26. The molecule has 0 unspecified atom stereocenters. The molecule has 0 saturated heterocycles. The van der Waals surface area contributed by atoms with Gasteiger partial charge in [0.05, 0.1) is 0 Å². The minimum Gasteiger partial charge on any atom is -0.364 e. The number of carbonyl (C=O) groups excluding carboxylic acids is 1. The van der Waals surface area contributed by atoms with Crippen LogP contribution in [0.3, 0.4) is 0 Å². The molecule has 2 aromatic heterocycles. The normalized spacial score (nSPS) is 11.5. The fourth-order valence-electron chi connectivity index (χ4n) is 1.19. The average molecular weight is 257 g/mol. The van der Waals surface area contributed by atoms with Gasteiger partial charge >= 0.3 is 6.18 Å². The molecule has 0 bridgehead atoms. The Morgan fingerprint density at radius 2 is 2.06 bits per heavy atom. The van der Waals surface area contributed by atoms with Crippen LogP contribution in [0.1, 0.15) is 16.2 Å². The molecule has 2 N–H and O–H groups in total. The standard InChI is InChI=1S/C9H6F3N5O/c10-9(11,12)6-3-17(4-15-6)8-14-2-1-5(16-8)7(13)18/h1-4H,(H2,13,18). The second kappa shape index (κ2) is 4.09. The number of carbonyl (C=O) groups is 1. The van der Waals surface area contributed by atoms with Crippen molar-refractivity contribution >= 4 is 5.91 Å². The van der Waals surface area contributed by atoms with Crippen molar-refractivity contribution in [3.8, 4) is 5.95 Å². The number of nitrogens with two attached hydrogens (primary N) is 1. The van der Waals surface area contributed by atoms with E-state index in [1.807, 2.05) is 0 Å². The molecule has 0 aromatic carbocycles. The molecule has 2 heterocycles. The predicted molar refractivity (Wildman–Crippen MR) is 52.7 cm³/mol. The molecule has 2 rings (SSSR count). The molecule has 2 aromatic rings. The highest BCUT2D eigenvalue weighted by molar-refractivity contribution is 5.90. The number of primary amides is 1. The van der Waals surface area contributed by atoms with Crippen LogP contribution >= 0.6 is 0 Å². The fraction of sp³-hybridized carbons (Fsp3) is 0.111. The van der Waals surface area contributed by atoms with E-state index in [2.05, 4.69) is 15.0 Å². The summed E-state index contributed by atoms with van der Waals surface area (Å²) in [6.07, 6.45) is -1.70. The number of rotatable bonds is 2. The van der Waals surface area contributed by atoms with Crippen molar-refractivity contribution in [1.82, 2.24) is 19.5 Å². The summed E-state index contributed by atoms with van der Waals surface area (Å²) < 4.78 is 38.0. The highest BCUT2D eigenvalue weighted by Crippen LogP contribution is 2.27. The number of aromatic nitrogens is 4. The van der Waals surface area contributed by atoms with Crippen LogP contribution in [-0.4, -0.2) is 25.4 Å². The van der Waals surface area contributed by atoms with Gasteiger partial charge in [-0.25, -0.2) is 15.0 Å². The highest BCUT2D eigenvalue weighted by atomic mass is 19.4. The maximum Gasteiger partial charge on any atom is 0.434 e. The van der Waals surface area contributed by atoms with Gasteiger partial charge in [-0.05, 0) is 6.07 Å². The van der Waals surface area contributed by atoms with Gasteiger partial charge in [0.1, 0.15) is 12.0 Å². The predicted octanol–water partition coefficient (Wildman–Crippen LogP) is 0.780. The number of hydrogen-bond donors (Lipinski definition) is 1. The van der Waals surface area contributed by atoms with Crippen LogP contribution in [-0.2, 0) is 6.18 Å². The molecular weight excluding hydrogens is 251 g/mol. The lowest BCUT2D eigenvalue weighted by atomic mass is 10.4. The monoisotopic (exact) mass is 257 g/mol. The maximum atomic E-state index is 12.3. The Balaban J connectivity index is 2.40. The van der Waals surface area contributed by atoms with E-state index in [4.69, 9.17) is 5.73 Å². The van der Waals surface area contributed by atoms with Crippen LogP contribution in [0.5, 0.6) is 0 Å². The third-order valence-corrected chi connectivity index (χ3v) is 2.00. The quantitative estimate of drug-likeness (QED) is 0.861. The first kappa shape index (κ1) is 12.0. The zero-order valence-electron chi connectivity index (χ0n) is 8.72. The van der Waals surface area contributed by atoms with E-state index in [9.17, 15) is 18.0 Å². The Kier molecular flexibility index (Phi) is 2.73. The molecule has 94 valence electrons. The summed E-state index contributed by atoms with van der Waals surface area (Å²) in [5.74, 6) is -0.913. The largest absolute Gasteiger partial charge is 0.434 e. The van der Waals surface area contributed by atoms with Crippen molar-refractivity contribution in [2.45, 2.75) is 6.18 Å². The Morgan fingerprint density at radius 3 is 2.61 bits per heavy atom. The summed E-state index contributed by atoms with van der Waals surface area (Å²) in [6.45, 7) is 0. The average Bonchev–Trinajstić information content (AvgIpc) is 2.78. The molecule has 6 nitrogen and oxygen atoms in total. The molecule has 18 heavy (non-hydrogen) atoms. The summed E-state index contributed by atoms with van der Waals surface area (Å²) in [5.41, 5.74) is 3.83. The third kappa shape index (κ3) is 2.29. The molecule has 9 heteroatoms. The van der Waals surface area contributed by atoms with E-state index >= 15 is 0 Å². The van der Waals surface area contributed by atoms with E-state index in [0.717, 1.165) is 17.1 Å². The first-order chi connectivity index (χ1) is 8.38. The van der Waals surface area contributed by atoms with Crippen molar-refractivity contribution in [2.24, 2.45) is 5.73 Å². The number of nitrogens with zero attached hydrogens (tertiary/aromatic N) is 4. The molecule has 0 aliphatic rings. The maximum absolute atomic E-state index is 12.3. The van der Waals surface area contributed by atoms with Crippen LogP contribution in [0.2, 0.25) is 0 Å². The summed E-state index contributed by atoms with van der Waals surface area (Å²) in [4.78, 5) is 21.5. The summed E-state index contributed by atoms with van der Waals surface area (Å²) in [7, 11) is 0. The molecule has 1 amide bonds. The van der Waals surface area contributed by atoms with Crippen LogP contribution in [0.15, 0.2) is 24.8 Å². The SMILES string of the molecule is NC(=O)c1ccnc(-n2cnc(C(F)(F)F)c2)n1. The van der Waals surface area contributed by atoms with Crippen molar-refractivity contribution in [2.75, 3.05) is 0 Å². The fourth-order valence-corrected chi connectivity index (χ4v) is 1.19. The van der Waals surface area contributed by atoms with Crippen LogP contribution in [0, 0.1) is 0 Å². The van der Waals surface area contributed by atoms with Crippen molar-refractivity contribution in [1.29, 1.82) is 0 Å². The summed E-state index contributed by atoms with van der Waals surface area (Å²) in [5, 5.41) is 0. The number of amides is 1. The van der Waals surface area contributed by atoms with E-state index < -0.39 is 17.8 Å². The lowest BCUT2D eigenvalue weighted by molar-refractivity contribution is -0.140. The van der Waals surface area contributed by atoms with Gasteiger partial charge in [-0.1, -0.05) is 0 Å². The Morgan fingerprint density at radius 1 is 1.33 bits per heavy atom. The first-order valence-corrected chi connectivity index (χ1v) is 4.62. The minimum absolute atomic E-state index is 0.0951. The molecule has 0 spiro atoms. The Labute approximate surface area is 98.3 Å². The van der Waals surface area contributed by atoms with Crippen molar-refractivity contribution in [3.05, 3.63) is 36.2 Å². The molecule has 0 saturated carbocycles. The van der Waals surface area contributed by atoms with Gasteiger partial charge in [0.15, 0.2) is 5.69 Å². The van der Waals surface area contributed by atoms with Gasteiger partial charge in [0.2, 0.25) is 5.95 Å². The molecule has 0 fully saturated rings. The van der Waals surface area contributed by atoms with Crippen molar-refractivity contribution in [3.63, 3.8) is 0 Å². The molecular formula is C9H6F3N5O. The summed E-state index contributed by atoms with van der Waals surface area (Å²) >= 11 is 0. The molecule has 0 aliphatic heterocycles. The van der Waals surface area contributed by atoms with E-state index in [-0.39, 0.29) is 11.6 Å². The van der Waals surface area contributed by atoms with E-state index in [1.54, 1.807) is 0 Å². The molecule has 0 atom stereocenters. The second-order valence-electron chi connectivity index (χ2n) is 3.27. The third-order valence-electron chi connectivity index (χ3n) is 2.00. The second-order valence-corrected chi connectivity index (χ2v) is 3.27. The Hall–Kier alpha value is -2.45. The number of imidazole rings is 1. The van der Waals surface area contributed by atoms with Gasteiger partial charge in [-0.2, -0.15) is 13.2 Å². The van der Waals surface area contributed by atoms with Gasteiger partial charge in [0, 0.05) is 12.4 Å². The zero-order valence-corrected chi connectivity index (χ0v) is 8.72. The molecule has 0 radical (unpaired) electrons. The number of hydrogen-bond acceptors (Lipinski definition) is 4. The van der Waals surface area contributed by atoms with Gasteiger partial charge in [0.25, 0.3) is 5.91 Å². The first-order valence-electron chi connectivity index (χ1n) is 4.62. The van der Waals surface area contributed by atoms with Crippen LogP contribution < -0.4 is 5.73 Å². The van der Waals surface area contributed by atoms with Crippen molar-refractivity contribution < 1.29 is 18.0 Å². The van der Waals surface area contributed by atoms with Crippen LogP contribution in [0.25, 0.3) is 5.95 Å². The lowest BCUT2D eigenvalue weighted by Crippen LogP contribution is -2.14. The number of halogens is 3. The van der Waals surface area contributed by atoms with E-state index in [1.165, 1.54) is 12.3 Å². The van der Waals surface area contributed by atoms with Gasteiger partial charge in [-0.15, -0.1) is 0 Å². The zero-order chi connectivity index (χ0) is 13.3. The smallest absolute Gasteiger partial charge is 0.364 e. The topological polar surface area (TPSA) is 86.7 Å². The van der Waals surface area contributed by atoms with Gasteiger partial charge < -0.3 is 5.73 Å². The lowest BCUT2D eigenvalue weighted by Gasteiger charge is -2.01. The van der Waals surface area contributed by atoms with Gasteiger partial charge in [-0.3, -0.25) is 9.36 Å². The highest BCUT2D eigenvalue weighted by Gasteiger charge is 2.33. The van der Waals surface area contributed by atoms with Crippen LogP contribution in [0.4, 0.5) is 13.2 Å². The Bertz CT molecular complexity index is 592. The van der Waals surface area contributed by atoms with E-state index in [0.29, 0.717) is 0 Å². The molecule has 0 aliphatic carbocycles.